The molecule has 1 amide bonds. The number of hydrogen-bond acceptors (Lipinski definition) is 4. The fourth-order valence-corrected chi connectivity index (χ4v) is 3.86. The van der Waals surface area contributed by atoms with Gasteiger partial charge in [0.2, 0.25) is 0 Å². The van der Waals surface area contributed by atoms with Gasteiger partial charge in [-0.1, -0.05) is 18.2 Å². The van der Waals surface area contributed by atoms with Gasteiger partial charge in [-0.15, -0.1) is 0 Å². The van der Waals surface area contributed by atoms with E-state index in [9.17, 15) is 10.1 Å². The number of ether oxygens (including phenoxy) is 2. The van der Waals surface area contributed by atoms with Crippen molar-refractivity contribution in [3.63, 3.8) is 0 Å². The summed E-state index contributed by atoms with van der Waals surface area (Å²) in [5.41, 5.74) is 3.21. The molecule has 2 aliphatic heterocycles. The molecular weight excluding hydrogens is 316 g/mol. The summed E-state index contributed by atoms with van der Waals surface area (Å²) >= 11 is 0. The van der Waals surface area contributed by atoms with Crippen molar-refractivity contribution in [1.29, 1.82) is 5.26 Å². The minimum atomic E-state index is -0.447. The molecular formula is C20H14N2O3. The van der Waals surface area contributed by atoms with Gasteiger partial charge < -0.3 is 9.47 Å². The largest absolute Gasteiger partial charge is 0.490 e. The Balaban J connectivity index is 1.68. The van der Waals surface area contributed by atoms with E-state index < -0.39 is 5.91 Å². The zero-order valence-electron chi connectivity index (χ0n) is 13.4. The number of amides is 1. The molecule has 0 unspecified atom stereocenters. The molecule has 5 nitrogen and oxygen atoms in total. The van der Waals surface area contributed by atoms with E-state index in [4.69, 9.17) is 9.47 Å². The minimum absolute atomic E-state index is 0.130. The van der Waals surface area contributed by atoms with Crippen LogP contribution < -0.4 is 4.74 Å². The van der Waals surface area contributed by atoms with E-state index in [0.29, 0.717) is 11.3 Å². The highest BCUT2D eigenvalue weighted by Crippen LogP contribution is 2.45. The van der Waals surface area contributed by atoms with Gasteiger partial charge in [-0.05, 0) is 17.7 Å². The molecule has 2 aromatic carbocycles. The van der Waals surface area contributed by atoms with Crippen molar-refractivity contribution < 1.29 is 14.3 Å². The molecule has 3 aliphatic rings. The molecule has 0 radical (unpaired) electrons. The second-order valence-corrected chi connectivity index (χ2v) is 6.40. The fourth-order valence-electron chi connectivity index (χ4n) is 3.86. The van der Waals surface area contributed by atoms with Crippen molar-refractivity contribution in [1.82, 2.24) is 0 Å². The molecule has 122 valence electrons. The lowest BCUT2D eigenvalue weighted by Gasteiger charge is -2.24. The lowest BCUT2D eigenvalue weighted by atomic mass is 10.0. The molecule has 1 fully saturated rings. The maximum atomic E-state index is 12.0. The lowest BCUT2D eigenvalue weighted by Crippen LogP contribution is -2.25. The average Bonchev–Trinajstić information content (AvgIpc) is 3.13. The lowest BCUT2D eigenvalue weighted by molar-refractivity contribution is -0.113. The quantitative estimate of drug-likeness (QED) is 0.848. The van der Waals surface area contributed by atoms with Crippen molar-refractivity contribution in [3.8, 4) is 11.8 Å². The Morgan fingerprint density at radius 2 is 2.00 bits per heavy atom. The van der Waals surface area contributed by atoms with Crippen LogP contribution in [0.4, 0.5) is 0 Å². The molecule has 0 saturated carbocycles. The number of aliphatic imine (C=N–C) groups is 1. The molecule has 5 rings (SSSR count). The number of benzene rings is 2. The summed E-state index contributed by atoms with van der Waals surface area (Å²) in [5.74, 6) is 0.385. The Kier molecular flexibility index (Phi) is 3.03. The van der Waals surface area contributed by atoms with Crippen molar-refractivity contribution >= 4 is 28.0 Å². The topological polar surface area (TPSA) is 71.7 Å². The van der Waals surface area contributed by atoms with E-state index in [2.05, 4.69) is 4.99 Å². The third-order valence-corrected chi connectivity index (χ3v) is 5.01. The Labute approximate surface area is 144 Å². The third-order valence-electron chi connectivity index (χ3n) is 5.01. The molecule has 0 aromatic heterocycles. The molecule has 5 heteroatoms. The molecule has 25 heavy (non-hydrogen) atoms. The van der Waals surface area contributed by atoms with Crippen LogP contribution in [0.2, 0.25) is 0 Å². The van der Waals surface area contributed by atoms with Crippen LogP contribution in [-0.2, 0) is 9.53 Å². The highest BCUT2D eigenvalue weighted by molar-refractivity contribution is 6.50. The van der Waals surface area contributed by atoms with Gasteiger partial charge in [0.05, 0.1) is 18.9 Å². The van der Waals surface area contributed by atoms with E-state index in [-0.39, 0.29) is 11.7 Å². The zero-order valence-corrected chi connectivity index (χ0v) is 13.4. The van der Waals surface area contributed by atoms with Gasteiger partial charge in [-0.3, -0.25) is 4.79 Å². The zero-order chi connectivity index (χ0) is 17.0. The molecule has 0 bridgehead atoms. The second-order valence-electron chi connectivity index (χ2n) is 6.40. The molecule has 1 saturated heterocycles. The highest BCUT2D eigenvalue weighted by atomic mass is 16.5. The predicted octanol–water partition coefficient (Wildman–Crippen LogP) is 3.02. The first kappa shape index (κ1) is 14.4. The second kappa shape index (κ2) is 5.27. The normalized spacial score (nSPS) is 19.2. The highest BCUT2D eigenvalue weighted by Gasteiger charge is 2.36. The number of carbonyl (C=O) groups is 1. The van der Waals surface area contributed by atoms with Crippen LogP contribution in [0.15, 0.2) is 40.9 Å². The van der Waals surface area contributed by atoms with Crippen LogP contribution in [0.1, 0.15) is 24.0 Å². The van der Waals surface area contributed by atoms with Crippen LogP contribution in [0.5, 0.6) is 5.75 Å². The maximum absolute atomic E-state index is 12.0. The Bertz CT molecular complexity index is 1040. The number of fused-ring (bicyclic) bond motifs is 3. The summed E-state index contributed by atoms with van der Waals surface area (Å²) in [5, 5.41) is 11.4. The first-order chi connectivity index (χ1) is 12.3. The molecule has 0 spiro atoms. The van der Waals surface area contributed by atoms with E-state index in [1.807, 2.05) is 36.4 Å². The van der Waals surface area contributed by atoms with Gasteiger partial charge in [0.1, 0.15) is 23.5 Å². The number of nitriles is 1. The van der Waals surface area contributed by atoms with Crippen molar-refractivity contribution in [2.45, 2.75) is 18.9 Å². The molecule has 2 heterocycles. The van der Waals surface area contributed by atoms with Crippen LogP contribution >= 0.6 is 0 Å². The van der Waals surface area contributed by atoms with Gasteiger partial charge in [-0.2, -0.15) is 5.26 Å². The van der Waals surface area contributed by atoms with Crippen molar-refractivity contribution in [3.05, 3.63) is 47.0 Å². The predicted molar refractivity (Wildman–Crippen MR) is 92.5 cm³/mol. The standard InChI is InChI=1S/C20H14N2O3/c21-10-15-18-13-3-1-2-12-16(25-11-6-8-24-9-7-11)5-4-14(17(12)13)19(18)22-20(15)23/h1-5,11H,6-9H2. The maximum Gasteiger partial charge on any atom is 0.288 e. The summed E-state index contributed by atoms with van der Waals surface area (Å²) in [6.45, 7) is 1.45. The summed E-state index contributed by atoms with van der Waals surface area (Å²) in [7, 11) is 0. The first-order valence-corrected chi connectivity index (χ1v) is 8.36. The van der Waals surface area contributed by atoms with Crippen molar-refractivity contribution in [2.75, 3.05) is 13.2 Å². The summed E-state index contributed by atoms with van der Waals surface area (Å²) in [6, 6.07) is 11.8. The van der Waals surface area contributed by atoms with E-state index in [0.717, 1.165) is 53.7 Å². The van der Waals surface area contributed by atoms with E-state index in [1.54, 1.807) is 0 Å². The number of rotatable bonds is 2. The number of hydrogen-bond donors (Lipinski definition) is 0. The number of carbonyl (C=O) groups excluding carboxylic acids is 1. The Hall–Kier alpha value is -2.97. The summed E-state index contributed by atoms with van der Waals surface area (Å²) in [4.78, 5) is 16.1. The van der Waals surface area contributed by atoms with Gasteiger partial charge in [0.25, 0.3) is 5.91 Å². The van der Waals surface area contributed by atoms with Gasteiger partial charge >= 0.3 is 0 Å². The van der Waals surface area contributed by atoms with Gasteiger partial charge in [0.15, 0.2) is 0 Å². The molecule has 1 aliphatic carbocycles. The number of nitrogens with zero attached hydrogens (tertiary/aromatic N) is 2. The Morgan fingerprint density at radius 3 is 2.80 bits per heavy atom. The summed E-state index contributed by atoms with van der Waals surface area (Å²) < 4.78 is 11.6. The molecule has 0 N–H and O–H groups in total. The third kappa shape index (κ3) is 1.98. The number of allylic oxidation sites excluding steroid dienone is 1. The Morgan fingerprint density at radius 1 is 1.16 bits per heavy atom. The van der Waals surface area contributed by atoms with E-state index >= 15 is 0 Å². The van der Waals surface area contributed by atoms with Gasteiger partial charge in [0, 0.05) is 34.8 Å². The van der Waals surface area contributed by atoms with Crippen LogP contribution in [0.25, 0.3) is 16.3 Å². The van der Waals surface area contributed by atoms with Crippen molar-refractivity contribution in [2.24, 2.45) is 4.99 Å². The molecule has 0 atom stereocenters. The minimum Gasteiger partial charge on any atom is -0.490 e. The average molecular weight is 330 g/mol. The monoisotopic (exact) mass is 330 g/mol. The summed E-state index contributed by atoms with van der Waals surface area (Å²) in [6.07, 6.45) is 1.92. The SMILES string of the molecule is N#CC1=C2C(=NC1=O)c1ccc(OC3CCOCC3)c3cccc2c13. The fraction of sp³-hybridized carbons (Fsp3) is 0.250. The smallest absolute Gasteiger partial charge is 0.288 e. The van der Waals surface area contributed by atoms with E-state index in [1.165, 1.54) is 0 Å². The molecule has 2 aromatic rings. The van der Waals surface area contributed by atoms with Crippen LogP contribution in [0, 0.1) is 11.3 Å². The van der Waals surface area contributed by atoms with Crippen LogP contribution in [0.3, 0.4) is 0 Å². The van der Waals surface area contributed by atoms with Crippen LogP contribution in [-0.4, -0.2) is 30.9 Å². The first-order valence-electron chi connectivity index (χ1n) is 8.36. The van der Waals surface area contributed by atoms with Gasteiger partial charge in [-0.25, -0.2) is 4.99 Å².